The molecule has 3 heteroatoms. The maximum atomic E-state index is 4.49. The lowest BCUT2D eigenvalue weighted by atomic mass is 10.1. The van der Waals surface area contributed by atoms with E-state index in [1.165, 1.54) is 29.2 Å². The second-order valence-electron chi connectivity index (χ2n) is 5.01. The van der Waals surface area contributed by atoms with Gasteiger partial charge in [-0.25, -0.2) is 4.98 Å². The third-order valence-electron chi connectivity index (χ3n) is 3.68. The summed E-state index contributed by atoms with van der Waals surface area (Å²) in [5.74, 6) is 1.01. The van der Waals surface area contributed by atoms with Crippen LogP contribution in [0.1, 0.15) is 18.4 Å². The molecular formula is C15H19N3. The number of nitrogens with zero attached hydrogens (tertiary/aromatic N) is 1. The van der Waals surface area contributed by atoms with Crippen molar-refractivity contribution in [1.29, 1.82) is 0 Å². The Bertz CT molecular complexity index is 539. The normalized spacial score (nSPS) is 19.3. The van der Waals surface area contributed by atoms with E-state index in [1.54, 1.807) is 0 Å². The Balaban J connectivity index is 1.86. The molecule has 1 aromatic heterocycles. The van der Waals surface area contributed by atoms with Gasteiger partial charge in [-0.3, -0.25) is 0 Å². The predicted molar refractivity (Wildman–Crippen MR) is 76.0 cm³/mol. The molecule has 1 aliphatic heterocycles. The Morgan fingerprint density at radius 2 is 2.33 bits per heavy atom. The van der Waals surface area contributed by atoms with Gasteiger partial charge in [-0.15, -0.1) is 0 Å². The summed E-state index contributed by atoms with van der Waals surface area (Å²) >= 11 is 0. The van der Waals surface area contributed by atoms with E-state index in [0.717, 1.165) is 18.9 Å². The van der Waals surface area contributed by atoms with Crippen molar-refractivity contribution in [2.45, 2.75) is 25.8 Å². The van der Waals surface area contributed by atoms with Gasteiger partial charge < -0.3 is 10.6 Å². The molecule has 2 N–H and O–H groups in total. The smallest absolute Gasteiger partial charge is 0.134 e. The summed E-state index contributed by atoms with van der Waals surface area (Å²) in [6.45, 7) is 4.25. The van der Waals surface area contributed by atoms with Crippen molar-refractivity contribution in [3.8, 4) is 0 Å². The van der Waals surface area contributed by atoms with E-state index in [1.807, 2.05) is 6.20 Å². The van der Waals surface area contributed by atoms with E-state index in [9.17, 15) is 0 Å². The third-order valence-corrected chi connectivity index (χ3v) is 3.68. The van der Waals surface area contributed by atoms with Gasteiger partial charge in [0.05, 0.1) is 0 Å². The van der Waals surface area contributed by atoms with Gasteiger partial charge in [-0.2, -0.15) is 0 Å². The van der Waals surface area contributed by atoms with Crippen molar-refractivity contribution >= 4 is 16.6 Å². The van der Waals surface area contributed by atoms with Gasteiger partial charge in [0, 0.05) is 24.2 Å². The van der Waals surface area contributed by atoms with Gasteiger partial charge in [0.2, 0.25) is 0 Å². The molecule has 3 nitrogen and oxygen atoms in total. The van der Waals surface area contributed by atoms with E-state index in [0.29, 0.717) is 6.04 Å². The van der Waals surface area contributed by atoms with E-state index in [4.69, 9.17) is 0 Å². The van der Waals surface area contributed by atoms with Crippen molar-refractivity contribution in [2.75, 3.05) is 18.4 Å². The first-order chi connectivity index (χ1) is 8.84. The van der Waals surface area contributed by atoms with E-state index in [-0.39, 0.29) is 0 Å². The van der Waals surface area contributed by atoms with Crippen molar-refractivity contribution in [3.63, 3.8) is 0 Å². The molecule has 1 atom stereocenters. The average Bonchev–Trinajstić information content (AvgIpc) is 2.89. The van der Waals surface area contributed by atoms with Crippen LogP contribution in [0.3, 0.4) is 0 Å². The number of fused-ring (bicyclic) bond motifs is 1. The van der Waals surface area contributed by atoms with Crippen molar-refractivity contribution in [3.05, 3.63) is 36.0 Å². The molecular weight excluding hydrogens is 222 g/mol. The molecule has 0 spiro atoms. The molecule has 1 saturated heterocycles. The quantitative estimate of drug-likeness (QED) is 0.867. The number of pyridine rings is 1. The zero-order valence-corrected chi connectivity index (χ0v) is 10.7. The van der Waals surface area contributed by atoms with Crippen LogP contribution in [0.5, 0.6) is 0 Å². The van der Waals surface area contributed by atoms with Crippen LogP contribution >= 0.6 is 0 Å². The fraction of sp³-hybridized carbons (Fsp3) is 0.400. The van der Waals surface area contributed by atoms with Crippen LogP contribution in [-0.2, 0) is 0 Å². The number of aromatic nitrogens is 1. The first kappa shape index (κ1) is 11.5. The van der Waals surface area contributed by atoms with Gasteiger partial charge in [0.25, 0.3) is 0 Å². The highest BCUT2D eigenvalue weighted by Crippen LogP contribution is 2.24. The summed E-state index contributed by atoms with van der Waals surface area (Å²) in [6, 6.07) is 9.04. The van der Waals surface area contributed by atoms with Crippen molar-refractivity contribution in [1.82, 2.24) is 10.3 Å². The molecule has 94 valence electrons. The Morgan fingerprint density at radius 3 is 3.17 bits per heavy atom. The van der Waals surface area contributed by atoms with Gasteiger partial charge in [0.1, 0.15) is 5.82 Å². The molecule has 0 bridgehead atoms. The van der Waals surface area contributed by atoms with E-state index < -0.39 is 0 Å². The number of hydrogen-bond acceptors (Lipinski definition) is 3. The number of aryl methyl sites for hydroxylation is 1. The van der Waals surface area contributed by atoms with Gasteiger partial charge in [0.15, 0.2) is 0 Å². The van der Waals surface area contributed by atoms with Crippen molar-refractivity contribution < 1.29 is 0 Å². The summed E-state index contributed by atoms with van der Waals surface area (Å²) in [6.07, 6.45) is 4.43. The lowest BCUT2D eigenvalue weighted by molar-refractivity contribution is 0.633. The summed E-state index contributed by atoms with van der Waals surface area (Å²) < 4.78 is 0. The lowest BCUT2D eigenvalue weighted by Crippen LogP contribution is -2.29. The molecule has 1 unspecified atom stereocenters. The second-order valence-corrected chi connectivity index (χ2v) is 5.01. The molecule has 1 aromatic carbocycles. The molecule has 2 aromatic rings. The largest absolute Gasteiger partial charge is 0.368 e. The molecule has 0 aliphatic carbocycles. The summed E-state index contributed by atoms with van der Waals surface area (Å²) in [5.41, 5.74) is 1.28. The Labute approximate surface area is 108 Å². The lowest BCUT2D eigenvalue weighted by Gasteiger charge is -2.14. The molecule has 0 saturated carbocycles. The number of anilines is 1. The number of hydrogen-bond donors (Lipinski definition) is 2. The molecule has 1 fully saturated rings. The number of rotatable bonds is 3. The maximum absolute atomic E-state index is 4.49. The average molecular weight is 241 g/mol. The van der Waals surface area contributed by atoms with E-state index in [2.05, 4.69) is 46.8 Å². The number of nitrogens with one attached hydrogen (secondary N) is 2. The fourth-order valence-corrected chi connectivity index (χ4v) is 2.69. The SMILES string of the molecule is Cc1cccc2ccnc(NCC3CCCN3)c12. The van der Waals surface area contributed by atoms with Crippen LogP contribution in [-0.4, -0.2) is 24.1 Å². The molecule has 2 heterocycles. The molecule has 0 radical (unpaired) electrons. The minimum Gasteiger partial charge on any atom is -0.368 e. The van der Waals surface area contributed by atoms with Crippen LogP contribution in [0.2, 0.25) is 0 Å². The molecule has 0 amide bonds. The Kier molecular flexibility index (Phi) is 3.15. The van der Waals surface area contributed by atoms with E-state index >= 15 is 0 Å². The van der Waals surface area contributed by atoms with Crippen LogP contribution in [0.15, 0.2) is 30.5 Å². The summed E-state index contributed by atoms with van der Waals surface area (Å²) in [5, 5.41) is 9.50. The van der Waals surface area contributed by atoms with Crippen molar-refractivity contribution in [2.24, 2.45) is 0 Å². The third kappa shape index (κ3) is 2.18. The standard InChI is InChI=1S/C15H19N3/c1-11-4-2-5-12-7-9-17-15(14(11)12)18-10-13-6-3-8-16-13/h2,4-5,7,9,13,16H,3,6,8,10H2,1H3,(H,17,18). The Hall–Kier alpha value is -1.61. The predicted octanol–water partition coefficient (Wildman–Crippen LogP) is 2.71. The monoisotopic (exact) mass is 241 g/mol. The minimum absolute atomic E-state index is 0.589. The van der Waals surface area contributed by atoms with Crippen LogP contribution < -0.4 is 10.6 Å². The highest BCUT2D eigenvalue weighted by molar-refractivity contribution is 5.94. The topological polar surface area (TPSA) is 37.0 Å². The summed E-state index contributed by atoms with van der Waals surface area (Å²) in [7, 11) is 0. The molecule has 3 rings (SSSR count). The molecule has 1 aliphatic rings. The first-order valence-corrected chi connectivity index (χ1v) is 6.66. The maximum Gasteiger partial charge on any atom is 0.134 e. The second kappa shape index (κ2) is 4.94. The van der Waals surface area contributed by atoms with Crippen LogP contribution in [0, 0.1) is 6.92 Å². The highest BCUT2D eigenvalue weighted by Gasteiger charge is 2.14. The van der Waals surface area contributed by atoms with Gasteiger partial charge >= 0.3 is 0 Å². The number of benzene rings is 1. The van der Waals surface area contributed by atoms with Crippen LogP contribution in [0.4, 0.5) is 5.82 Å². The first-order valence-electron chi connectivity index (χ1n) is 6.66. The summed E-state index contributed by atoms with van der Waals surface area (Å²) in [4.78, 5) is 4.49. The zero-order chi connectivity index (χ0) is 12.4. The Morgan fingerprint density at radius 1 is 1.39 bits per heavy atom. The van der Waals surface area contributed by atoms with Gasteiger partial charge in [-0.1, -0.05) is 18.2 Å². The highest BCUT2D eigenvalue weighted by atomic mass is 15.0. The minimum atomic E-state index is 0.589. The molecule has 18 heavy (non-hydrogen) atoms. The van der Waals surface area contributed by atoms with Crippen LogP contribution in [0.25, 0.3) is 10.8 Å². The zero-order valence-electron chi connectivity index (χ0n) is 10.7. The fourth-order valence-electron chi connectivity index (χ4n) is 2.69. The van der Waals surface area contributed by atoms with Gasteiger partial charge in [-0.05, 0) is 43.3 Å².